The fourth-order valence-electron chi connectivity index (χ4n) is 5.27. The zero-order chi connectivity index (χ0) is 20.5. The predicted molar refractivity (Wildman–Crippen MR) is 110 cm³/mol. The zero-order valence-corrected chi connectivity index (χ0v) is 17.6. The Labute approximate surface area is 174 Å². The number of amides is 1. The molecule has 1 aliphatic carbocycles. The molecule has 1 aromatic rings. The number of ether oxygens (including phenoxy) is 3. The summed E-state index contributed by atoms with van der Waals surface area (Å²) in [7, 11) is 1.61. The first kappa shape index (κ1) is 22.1. The van der Waals surface area contributed by atoms with E-state index < -0.39 is 0 Å². The second-order valence-corrected chi connectivity index (χ2v) is 8.29. The standard InChI is InChI=1S/C23H35NO5/c1-27-18-28-17-21-12-14-23(13-6-5-10-20(23)11-7-15-25)24(21)22(26)29-16-19-8-3-2-4-9-19/h2-4,8-9,20-21,25H,5-7,10-18H2,1H3/t20-,21+,23-/m0/s1. The van der Waals surface area contributed by atoms with Crippen LogP contribution in [0.1, 0.15) is 56.9 Å². The molecule has 0 radical (unpaired) electrons. The van der Waals surface area contributed by atoms with Crippen molar-refractivity contribution in [3.05, 3.63) is 35.9 Å². The van der Waals surface area contributed by atoms with Gasteiger partial charge >= 0.3 is 6.09 Å². The highest BCUT2D eigenvalue weighted by Crippen LogP contribution is 2.49. The molecule has 1 saturated heterocycles. The molecular weight excluding hydrogens is 370 g/mol. The molecule has 162 valence electrons. The summed E-state index contributed by atoms with van der Waals surface area (Å²) in [5.41, 5.74) is 0.809. The molecule has 3 rings (SSSR count). The average molecular weight is 406 g/mol. The first-order chi connectivity index (χ1) is 14.2. The molecule has 0 bridgehead atoms. The van der Waals surface area contributed by atoms with Gasteiger partial charge in [0.2, 0.25) is 0 Å². The number of likely N-dealkylation sites (tertiary alicyclic amines) is 1. The van der Waals surface area contributed by atoms with Crippen LogP contribution in [-0.4, -0.2) is 54.8 Å². The van der Waals surface area contributed by atoms with Crippen LogP contribution in [0.4, 0.5) is 4.79 Å². The lowest BCUT2D eigenvalue weighted by molar-refractivity contribution is -0.0625. The SMILES string of the molecule is COCOC[C@H]1CC[C@]2(CCCC[C@H]2CCCO)N1C(=O)OCc1ccccc1. The van der Waals surface area contributed by atoms with Crippen molar-refractivity contribution in [2.75, 3.05) is 27.1 Å². The minimum Gasteiger partial charge on any atom is -0.445 e. The van der Waals surface area contributed by atoms with Crippen LogP contribution in [0.15, 0.2) is 30.3 Å². The first-order valence-electron chi connectivity index (χ1n) is 10.9. The predicted octanol–water partition coefficient (Wildman–Crippen LogP) is 4.11. The number of hydrogen-bond acceptors (Lipinski definition) is 5. The van der Waals surface area contributed by atoms with Crippen LogP contribution in [0.2, 0.25) is 0 Å². The van der Waals surface area contributed by atoms with Gasteiger partial charge in [0.25, 0.3) is 0 Å². The van der Waals surface area contributed by atoms with Gasteiger partial charge in [-0.15, -0.1) is 0 Å². The van der Waals surface area contributed by atoms with E-state index in [2.05, 4.69) is 0 Å². The van der Waals surface area contributed by atoms with Crippen molar-refractivity contribution >= 4 is 6.09 Å². The third-order valence-corrected chi connectivity index (χ3v) is 6.55. The number of carbonyl (C=O) groups is 1. The highest BCUT2D eigenvalue weighted by molar-refractivity contribution is 5.70. The fourth-order valence-corrected chi connectivity index (χ4v) is 5.27. The van der Waals surface area contributed by atoms with Gasteiger partial charge in [-0.2, -0.15) is 0 Å². The highest BCUT2D eigenvalue weighted by atomic mass is 16.7. The quantitative estimate of drug-likeness (QED) is 0.495. The smallest absolute Gasteiger partial charge is 0.410 e. The molecule has 1 spiro atoms. The molecule has 1 heterocycles. The van der Waals surface area contributed by atoms with E-state index in [1.807, 2.05) is 35.2 Å². The number of hydrogen-bond donors (Lipinski definition) is 1. The van der Waals surface area contributed by atoms with Crippen molar-refractivity contribution in [2.45, 2.75) is 69.6 Å². The molecule has 6 heteroatoms. The molecule has 0 aromatic heterocycles. The molecule has 1 aliphatic heterocycles. The van der Waals surface area contributed by atoms with E-state index in [-0.39, 0.29) is 37.7 Å². The van der Waals surface area contributed by atoms with Crippen molar-refractivity contribution in [1.82, 2.24) is 4.90 Å². The van der Waals surface area contributed by atoms with Crippen LogP contribution in [0.3, 0.4) is 0 Å². The second kappa shape index (κ2) is 11.0. The van der Waals surface area contributed by atoms with E-state index >= 15 is 0 Å². The van der Waals surface area contributed by atoms with E-state index in [9.17, 15) is 9.90 Å². The van der Waals surface area contributed by atoms with Crippen molar-refractivity contribution in [3.63, 3.8) is 0 Å². The lowest BCUT2D eigenvalue weighted by atomic mass is 9.69. The third-order valence-electron chi connectivity index (χ3n) is 6.55. The normalized spacial score (nSPS) is 26.8. The van der Waals surface area contributed by atoms with Gasteiger partial charge in [-0.3, -0.25) is 4.90 Å². The minimum absolute atomic E-state index is 0.00292. The van der Waals surface area contributed by atoms with Gasteiger partial charge in [0.05, 0.1) is 12.6 Å². The van der Waals surface area contributed by atoms with Crippen LogP contribution >= 0.6 is 0 Å². The zero-order valence-electron chi connectivity index (χ0n) is 17.6. The summed E-state index contributed by atoms with van der Waals surface area (Å²) in [6.45, 7) is 1.16. The van der Waals surface area contributed by atoms with Gasteiger partial charge in [0.15, 0.2) is 0 Å². The lowest BCUT2D eigenvalue weighted by Gasteiger charge is -2.48. The first-order valence-corrected chi connectivity index (χ1v) is 10.9. The number of methoxy groups -OCH3 is 1. The summed E-state index contributed by atoms with van der Waals surface area (Å²) < 4.78 is 16.5. The number of benzene rings is 1. The van der Waals surface area contributed by atoms with Gasteiger partial charge in [0, 0.05) is 19.3 Å². The maximum Gasteiger partial charge on any atom is 0.410 e. The molecular formula is C23H35NO5. The summed E-state index contributed by atoms with van der Waals surface area (Å²) in [6.07, 6.45) is 7.81. The Morgan fingerprint density at radius 2 is 2.03 bits per heavy atom. The van der Waals surface area contributed by atoms with Gasteiger partial charge < -0.3 is 19.3 Å². The molecule has 2 aliphatic rings. The summed E-state index contributed by atoms with van der Waals surface area (Å²) in [5, 5.41) is 9.37. The second-order valence-electron chi connectivity index (χ2n) is 8.29. The van der Waals surface area contributed by atoms with Crippen LogP contribution < -0.4 is 0 Å². The minimum atomic E-state index is -0.242. The highest BCUT2D eigenvalue weighted by Gasteiger charge is 2.54. The summed E-state index contributed by atoms with van der Waals surface area (Å²) in [4.78, 5) is 15.3. The topological polar surface area (TPSA) is 68.2 Å². The van der Waals surface area contributed by atoms with E-state index in [1.54, 1.807) is 7.11 Å². The van der Waals surface area contributed by atoms with Gasteiger partial charge in [-0.25, -0.2) is 4.79 Å². The third kappa shape index (κ3) is 5.30. The molecule has 0 unspecified atom stereocenters. The Bertz CT molecular complexity index is 625. The average Bonchev–Trinajstić information content (AvgIpc) is 3.11. The van der Waals surface area contributed by atoms with Crippen molar-refractivity contribution in [2.24, 2.45) is 5.92 Å². The van der Waals surface area contributed by atoms with Gasteiger partial charge in [-0.1, -0.05) is 43.2 Å². The summed E-state index contributed by atoms with van der Waals surface area (Å²) in [5.74, 6) is 0.403. The molecule has 3 atom stereocenters. The van der Waals surface area contributed by atoms with E-state index in [0.717, 1.165) is 50.5 Å². The molecule has 1 saturated carbocycles. The van der Waals surface area contributed by atoms with Gasteiger partial charge in [0.1, 0.15) is 13.4 Å². The van der Waals surface area contributed by atoms with Crippen LogP contribution in [0.25, 0.3) is 0 Å². The summed E-state index contributed by atoms with van der Waals surface area (Å²) in [6, 6.07) is 9.80. The van der Waals surface area contributed by atoms with E-state index in [0.29, 0.717) is 12.5 Å². The molecule has 1 amide bonds. The van der Waals surface area contributed by atoms with Crippen molar-refractivity contribution in [3.8, 4) is 0 Å². The van der Waals surface area contributed by atoms with Gasteiger partial charge in [-0.05, 0) is 50.0 Å². The molecule has 6 nitrogen and oxygen atoms in total. The van der Waals surface area contributed by atoms with Crippen LogP contribution in [0.5, 0.6) is 0 Å². The number of nitrogens with zero attached hydrogens (tertiary/aromatic N) is 1. The van der Waals surface area contributed by atoms with Crippen molar-refractivity contribution in [1.29, 1.82) is 0 Å². The van der Waals surface area contributed by atoms with E-state index in [1.165, 1.54) is 6.42 Å². The summed E-state index contributed by atoms with van der Waals surface area (Å²) >= 11 is 0. The Morgan fingerprint density at radius 3 is 2.79 bits per heavy atom. The molecule has 1 aromatic carbocycles. The molecule has 1 N–H and O–H groups in total. The Morgan fingerprint density at radius 1 is 1.21 bits per heavy atom. The Kier molecular flexibility index (Phi) is 8.33. The maximum absolute atomic E-state index is 13.3. The maximum atomic E-state index is 13.3. The number of aliphatic hydroxyl groups is 1. The lowest BCUT2D eigenvalue weighted by Crippen LogP contribution is -2.57. The molecule has 29 heavy (non-hydrogen) atoms. The fraction of sp³-hybridized carbons (Fsp3) is 0.696. The Hall–Kier alpha value is -1.63. The molecule has 2 fully saturated rings. The largest absolute Gasteiger partial charge is 0.445 e. The number of aliphatic hydroxyl groups excluding tert-OH is 1. The van der Waals surface area contributed by atoms with Crippen LogP contribution in [-0.2, 0) is 20.8 Å². The van der Waals surface area contributed by atoms with E-state index in [4.69, 9.17) is 14.2 Å². The Balaban J connectivity index is 1.77. The van der Waals surface area contributed by atoms with Crippen molar-refractivity contribution < 1.29 is 24.1 Å². The van der Waals surface area contributed by atoms with Crippen LogP contribution in [0, 0.1) is 5.92 Å². The number of carbonyl (C=O) groups excluding carboxylic acids is 1. The number of rotatable bonds is 9. The monoisotopic (exact) mass is 405 g/mol.